The van der Waals surface area contributed by atoms with Gasteiger partial charge in [0.05, 0.1) is 12.2 Å². The fraction of sp³-hybridized carbons (Fsp3) is 0.409. The molecule has 4 nitrogen and oxygen atoms in total. The fourth-order valence-corrected chi connectivity index (χ4v) is 5.12. The molecule has 0 aliphatic heterocycles. The van der Waals surface area contributed by atoms with Crippen LogP contribution in [0.5, 0.6) is 0 Å². The van der Waals surface area contributed by atoms with Crippen LogP contribution < -0.4 is 0 Å². The smallest absolute Gasteiger partial charge is 0.304 e. The zero-order valence-electron chi connectivity index (χ0n) is 16.9. The van der Waals surface area contributed by atoms with Crippen LogP contribution in [0.3, 0.4) is 0 Å². The summed E-state index contributed by atoms with van der Waals surface area (Å²) in [7, 11) is -3.47. The third-order valence-corrected chi connectivity index (χ3v) is 6.80. The molecule has 6 heteroatoms. The van der Waals surface area contributed by atoms with Crippen molar-refractivity contribution in [3.05, 3.63) is 70.7 Å². The monoisotopic (exact) mass is 421 g/mol. The van der Waals surface area contributed by atoms with Gasteiger partial charge in [0, 0.05) is 16.8 Å². The standard InChI is InChI=1S/C22H29ClNO3P/c1-17(2)26-28(25,27-18(3)4)22(15-14-19-10-6-5-7-11-19)24-16-20-12-8-9-13-21(20)23/h5-13,16-18,22H,14-15H2,1-4H3/b24-16+/t22-/m1/s1. The molecule has 0 fully saturated rings. The van der Waals surface area contributed by atoms with E-state index >= 15 is 0 Å². The van der Waals surface area contributed by atoms with E-state index < -0.39 is 13.4 Å². The van der Waals surface area contributed by atoms with Crippen molar-refractivity contribution >= 4 is 25.4 Å². The molecule has 0 saturated carbocycles. The summed E-state index contributed by atoms with van der Waals surface area (Å²) in [6.45, 7) is 7.40. The first kappa shape index (κ1) is 22.8. The van der Waals surface area contributed by atoms with Gasteiger partial charge in [-0.1, -0.05) is 60.1 Å². The van der Waals surface area contributed by atoms with Crippen molar-refractivity contribution in [3.8, 4) is 0 Å². The topological polar surface area (TPSA) is 47.9 Å². The molecule has 0 aliphatic carbocycles. The zero-order valence-corrected chi connectivity index (χ0v) is 18.6. The molecule has 2 aromatic rings. The van der Waals surface area contributed by atoms with Gasteiger partial charge in [-0.15, -0.1) is 0 Å². The van der Waals surface area contributed by atoms with Crippen molar-refractivity contribution in [2.45, 2.75) is 58.5 Å². The number of hydrogen-bond donors (Lipinski definition) is 0. The van der Waals surface area contributed by atoms with Crippen LogP contribution in [-0.4, -0.2) is 24.2 Å². The van der Waals surface area contributed by atoms with Gasteiger partial charge in [0.25, 0.3) is 0 Å². The normalized spacial score (nSPS) is 13.5. The Morgan fingerprint density at radius 1 is 0.964 bits per heavy atom. The Kier molecular flexibility index (Phi) is 8.91. The largest absolute Gasteiger partial charge is 0.355 e. The number of aryl methyl sites for hydroxylation is 1. The Morgan fingerprint density at radius 2 is 1.54 bits per heavy atom. The fourth-order valence-electron chi connectivity index (χ4n) is 2.75. The third-order valence-electron chi connectivity index (χ3n) is 3.91. The summed E-state index contributed by atoms with van der Waals surface area (Å²) < 4.78 is 25.3. The van der Waals surface area contributed by atoms with E-state index in [1.807, 2.05) is 76.2 Å². The van der Waals surface area contributed by atoms with E-state index in [-0.39, 0.29) is 12.2 Å². The Morgan fingerprint density at radius 3 is 2.11 bits per heavy atom. The molecule has 1 atom stereocenters. The van der Waals surface area contributed by atoms with E-state index in [4.69, 9.17) is 20.6 Å². The van der Waals surface area contributed by atoms with Crippen LogP contribution in [0, 0.1) is 0 Å². The van der Waals surface area contributed by atoms with Crippen LogP contribution in [0.4, 0.5) is 0 Å². The highest BCUT2D eigenvalue weighted by atomic mass is 35.5. The van der Waals surface area contributed by atoms with Gasteiger partial charge in [-0.3, -0.25) is 9.56 Å². The maximum atomic E-state index is 13.7. The van der Waals surface area contributed by atoms with E-state index in [1.54, 1.807) is 12.3 Å². The molecule has 0 heterocycles. The lowest BCUT2D eigenvalue weighted by molar-refractivity contribution is 0.136. The Bertz CT molecular complexity index is 794. The second-order valence-corrected chi connectivity index (χ2v) is 9.66. The van der Waals surface area contributed by atoms with Gasteiger partial charge < -0.3 is 9.05 Å². The van der Waals surface area contributed by atoms with Gasteiger partial charge in [-0.25, -0.2) is 0 Å². The van der Waals surface area contributed by atoms with Gasteiger partial charge in [-0.2, -0.15) is 0 Å². The molecule has 0 bridgehead atoms. The van der Waals surface area contributed by atoms with Gasteiger partial charge in [0.2, 0.25) is 0 Å². The molecule has 2 rings (SSSR count). The van der Waals surface area contributed by atoms with E-state index in [0.717, 1.165) is 17.5 Å². The average Bonchev–Trinajstić information content (AvgIpc) is 2.62. The maximum Gasteiger partial charge on any atom is 0.355 e. The van der Waals surface area contributed by atoms with Crippen molar-refractivity contribution in [1.82, 2.24) is 0 Å². The first-order valence-corrected chi connectivity index (χ1v) is 11.6. The highest BCUT2D eigenvalue weighted by Crippen LogP contribution is 2.57. The van der Waals surface area contributed by atoms with Gasteiger partial charge >= 0.3 is 7.60 Å². The van der Waals surface area contributed by atoms with Crippen molar-refractivity contribution in [3.63, 3.8) is 0 Å². The number of nitrogens with zero attached hydrogens (tertiary/aromatic N) is 1. The number of hydrogen-bond acceptors (Lipinski definition) is 4. The second kappa shape index (κ2) is 10.9. The van der Waals surface area contributed by atoms with Crippen LogP contribution in [0.2, 0.25) is 5.02 Å². The number of aliphatic imine (C=N–C) groups is 1. The van der Waals surface area contributed by atoms with Crippen molar-refractivity contribution in [2.75, 3.05) is 0 Å². The summed E-state index contributed by atoms with van der Waals surface area (Å²) in [6.07, 6.45) is 2.46. The van der Waals surface area contributed by atoms with Crippen LogP contribution in [-0.2, 0) is 20.0 Å². The molecule has 0 spiro atoms. The molecule has 0 radical (unpaired) electrons. The number of benzene rings is 2. The average molecular weight is 422 g/mol. The molecule has 152 valence electrons. The van der Waals surface area contributed by atoms with Gasteiger partial charge in [0.1, 0.15) is 0 Å². The predicted octanol–water partition coefficient (Wildman–Crippen LogP) is 6.76. The Labute approximate surface area is 173 Å². The van der Waals surface area contributed by atoms with Crippen molar-refractivity contribution in [2.24, 2.45) is 4.99 Å². The predicted molar refractivity (Wildman–Crippen MR) is 118 cm³/mol. The summed E-state index contributed by atoms with van der Waals surface area (Å²) in [5, 5.41) is 0.595. The van der Waals surface area contributed by atoms with Gasteiger partial charge in [0.15, 0.2) is 5.78 Å². The molecule has 2 aromatic carbocycles. The zero-order chi connectivity index (χ0) is 20.6. The summed E-state index contributed by atoms with van der Waals surface area (Å²) in [5.74, 6) is -0.617. The van der Waals surface area contributed by atoms with Crippen molar-refractivity contribution in [1.29, 1.82) is 0 Å². The number of rotatable bonds is 10. The Balaban J connectivity index is 2.32. The minimum absolute atomic E-state index is 0.237. The molecule has 0 N–H and O–H groups in total. The molecular formula is C22H29ClNO3P. The lowest BCUT2D eigenvalue weighted by atomic mass is 10.1. The summed E-state index contributed by atoms with van der Waals surface area (Å²) in [5.41, 5.74) is 1.93. The van der Waals surface area contributed by atoms with Crippen molar-refractivity contribution < 1.29 is 13.6 Å². The van der Waals surface area contributed by atoms with Gasteiger partial charge in [-0.05, 0) is 52.2 Å². The minimum atomic E-state index is -3.47. The molecule has 0 aromatic heterocycles. The third kappa shape index (κ3) is 7.18. The maximum absolute atomic E-state index is 13.7. The van der Waals surface area contributed by atoms with Crippen LogP contribution in [0.25, 0.3) is 0 Å². The summed E-state index contributed by atoms with van der Waals surface area (Å²) in [6, 6.07) is 17.5. The lowest BCUT2D eigenvalue weighted by Gasteiger charge is -2.27. The minimum Gasteiger partial charge on any atom is -0.304 e. The molecule has 0 amide bonds. The highest BCUT2D eigenvalue weighted by Gasteiger charge is 2.37. The molecule has 0 aliphatic rings. The summed E-state index contributed by atoms with van der Waals surface area (Å²) in [4.78, 5) is 4.63. The molecule has 0 saturated heterocycles. The summed E-state index contributed by atoms with van der Waals surface area (Å²) >= 11 is 6.24. The van der Waals surface area contributed by atoms with E-state index in [9.17, 15) is 4.57 Å². The lowest BCUT2D eigenvalue weighted by Crippen LogP contribution is -2.18. The van der Waals surface area contributed by atoms with Crippen LogP contribution >= 0.6 is 19.2 Å². The van der Waals surface area contributed by atoms with E-state index in [0.29, 0.717) is 11.4 Å². The molecule has 28 heavy (non-hydrogen) atoms. The first-order valence-electron chi connectivity index (χ1n) is 9.58. The van der Waals surface area contributed by atoms with E-state index in [2.05, 4.69) is 4.99 Å². The molecule has 0 unspecified atom stereocenters. The highest BCUT2D eigenvalue weighted by molar-refractivity contribution is 7.54. The van der Waals surface area contributed by atoms with Crippen LogP contribution in [0.15, 0.2) is 59.6 Å². The molecular weight excluding hydrogens is 393 g/mol. The SMILES string of the molecule is CC(C)OP(=O)(OC(C)C)[C@H](CCc1ccccc1)/N=C/c1ccccc1Cl. The number of halogens is 1. The first-order chi connectivity index (χ1) is 13.3. The van der Waals surface area contributed by atoms with E-state index in [1.165, 1.54) is 0 Å². The second-order valence-electron chi connectivity index (χ2n) is 7.15. The van der Waals surface area contributed by atoms with Crippen LogP contribution in [0.1, 0.15) is 45.2 Å². The Hall–Kier alpha value is -1.45. The quantitative estimate of drug-likeness (QED) is 0.314.